The van der Waals surface area contributed by atoms with Crippen molar-refractivity contribution in [3.8, 4) is 0 Å². The normalized spacial score (nSPS) is 22.9. The second-order valence-electron chi connectivity index (χ2n) is 5.15. The van der Waals surface area contributed by atoms with Crippen molar-refractivity contribution in [2.75, 3.05) is 6.61 Å². The van der Waals surface area contributed by atoms with E-state index in [1.54, 1.807) is 0 Å². The summed E-state index contributed by atoms with van der Waals surface area (Å²) in [7, 11) is 1.97. The van der Waals surface area contributed by atoms with Crippen LogP contribution in [0, 0.1) is 0 Å². The maximum Gasteiger partial charge on any atom is 0.0978 e. The van der Waals surface area contributed by atoms with Crippen molar-refractivity contribution in [3.63, 3.8) is 0 Å². The Morgan fingerprint density at radius 3 is 2.90 bits per heavy atom. The van der Waals surface area contributed by atoms with Gasteiger partial charge in [0.05, 0.1) is 11.8 Å². The minimum Gasteiger partial charge on any atom is -0.372 e. The number of pyridine rings is 1. The van der Waals surface area contributed by atoms with E-state index in [0.717, 1.165) is 26.0 Å². The monoisotopic (exact) mass is 272 g/mol. The van der Waals surface area contributed by atoms with Crippen LogP contribution in [-0.2, 0) is 18.3 Å². The van der Waals surface area contributed by atoms with Gasteiger partial charge >= 0.3 is 0 Å². The predicted octanol–water partition coefficient (Wildman–Crippen LogP) is 1.82. The first kappa shape index (κ1) is 13.3. The van der Waals surface area contributed by atoms with Crippen LogP contribution in [0.15, 0.2) is 36.8 Å². The zero-order chi connectivity index (χ0) is 13.8. The average molecular weight is 272 g/mol. The first-order valence-electron chi connectivity index (χ1n) is 7.06. The third kappa shape index (κ3) is 2.89. The fraction of sp³-hybridized carbons (Fsp3) is 0.467. The zero-order valence-electron chi connectivity index (χ0n) is 11.7. The van der Waals surface area contributed by atoms with Gasteiger partial charge in [-0.3, -0.25) is 9.67 Å². The van der Waals surface area contributed by atoms with E-state index in [0.29, 0.717) is 6.04 Å². The highest BCUT2D eigenvalue weighted by Crippen LogP contribution is 2.28. The second kappa shape index (κ2) is 6.15. The van der Waals surface area contributed by atoms with E-state index in [1.165, 1.54) is 11.3 Å². The van der Waals surface area contributed by atoms with Crippen molar-refractivity contribution in [1.29, 1.82) is 0 Å². The molecule has 1 fully saturated rings. The van der Waals surface area contributed by atoms with Crippen LogP contribution in [0.2, 0.25) is 0 Å². The van der Waals surface area contributed by atoms with Crippen molar-refractivity contribution in [2.24, 2.45) is 7.05 Å². The molecule has 1 saturated heterocycles. The van der Waals surface area contributed by atoms with Gasteiger partial charge in [0.15, 0.2) is 0 Å². The van der Waals surface area contributed by atoms with Gasteiger partial charge in [-0.1, -0.05) is 0 Å². The molecule has 1 N–H and O–H groups in total. The second-order valence-corrected chi connectivity index (χ2v) is 5.15. The van der Waals surface area contributed by atoms with Crippen LogP contribution in [0.4, 0.5) is 0 Å². The Morgan fingerprint density at radius 2 is 2.15 bits per heavy atom. The van der Waals surface area contributed by atoms with Crippen LogP contribution < -0.4 is 5.32 Å². The predicted molar refractivity (Wildman–Crippen MR) is 76.0 cm³/mol. The Balaban J connectivity index is 1.68. The molecule has 0 unspecified atom stereocenters. The van der Waals surface area contributed by atoms with Crippen molar-refractivity contribution in [2.45, 2.75) is 31.5 Å². The molecule has 2 aromatic heterocycles. The molecule has 5 nitrogen and oxygen atoms in total. The summed E-state index contributed by atoms with van der Waals surface area (Å²) < 4.78 is 7.86. The van der Waals surface area contributed by atoms with Crippen molar-refractivity contribution >= 4 is 0 Å². The highest BCUT2D eigenvalue weighted by atomic mass is 16.5. The SMILES string of the molecule is Cn1nccc1CN[C@H]1CCCO[C@@H]1c1ccncc1. The number of aryl methyl sites for hydroxylation is 1. The van der Waals surface area contributed by atoms with Gasteiger partial charge in [-0.05, 0) is 36.6 Å². The lowest BCUT2D eigenvalue weighted by Gasteiger charge is -2.32. The lowest BCUT2D eigenvalue weighted by atomic mass is 9.96. The first-order chi connectivity index (χ1) is 9.84. The minimum absolute atomic E-state index is 0.111. The molecule has 3 heterocycles. The van der Waals surface area contributed by atoms with Gasteiger partial charge in [-0.15, -0.1) is 0 Å². The van der Waals surface area contributed by atoms with Crippen molar-refractivity contribution < 1.29 is 4.74 Å². The van der Waals surface area contributed by atoms with Crippen LogP contribution >= 0.6 is 0 Å². The first-order valence-corrected chi connectivity index (χ1v) is 7.06. The topological polar surface area (TPSA) is 52.0 Å². The standard InChI is InChI=1S/C15H20N4O/c1-19-13(6-9-18-19)11-17-14-3-2-10-20-15(14)12-4-7-16-8-5-12/h4-9,14-15,17H,2-3,10-11H2,1H3/t14-,15+/m0/s1. The van der Waals surface area contributed by atoms with E-state index < -0.39 is 0 Å². The van der Waals surface area contributed by atoms with E-state index in [1.807, 2.05) is 48.5 Å². The van der Waals surface area contributed by atoms with Crippen LogP contribution in [0.3, 0.4) is 0 Å². The minimum atomic E-state index is 0.111. The Kier molecular flexibility index (Phi) is 4.08. The summed E-state index contributed by atoms with van der Waals surface area (Å²) in [5.41, 5.74) is 2.38. The largest absolute Gasteiger partial charge is 0.372 e. The van der Waals surface area contributed by atoms with Gasteiger partial charge in [-0.2, -0.15) is 5.10 Å². The quantitative estimate of drug-likeness (QED) is 0.922. The average Bonchev–Trinajstić information content (AvgIpc) is 2.92. The number of ether oxygens (including phenoxy) is 1. The number of hydrogen-bond acceptors (Lipinski definition) is 4. The molecule has 0 spiro atoms. The lowest BCUT2D eigenvalue weighted by Crippen LogP contribution is -2.39. The van der Waals surface area contributed by atoms with E-state index in [4.69, 9.17) is 4.74 Å². The molecule has 106 valence electrons. The summed E-state index contributed by atoms with van der Waals surface area (Å²) in [4.78, 5) is 4.08. The van der Waals surface area contributed by atoms with Crippen LogP contribution in [0.5, 0.6) is 0 Å². The maximum atomic E-state index is 5.96. The number of hydrogen-bond donors (Lipinski definition) is 1. The molecule has 0 bridgehead atoms. The van der Waals surface area contributed by atoms with Crippen LogP contribution in [0.25, 0.3) is 0 Å². The van der Waals surface area contributed by atoms with Crippen LogP contribution in [0.1, 0.15) is 30.2 Å². The molecule has 2 atom stereocenters. The van der Waals surface area contributed by atoms with E-state index in [9.17, 15) is 0 Å². The summed E-state index contributed by atoms with van der Waals surface area (Å²) >= 11 is 0. The maximum absolute atomic E-state index is 5.96. The van der Waals surface area contributed by atoms with Crippen LogP contribution in [-0.4, -0.2) is 27.4 Å². The zero-order valence-corrected chi connectivity index (χ0v) is 11.7. The van der Waals surface area contributed by atoms with Gasteiger partial charge in [0.25, 0.3) is 0 Å². The molecule has 1 aliphatic heterocycles. The number of aromatic nitrogens is 3. The molecule has 5 heteroatoms. The highest BCUT2D eigenvalue weighted by molar-refractivity contribution is 5.16. The molecule has 1 aliphatic rings. The van der Waals surface area contributed by atoms with Crippen molar-refractivity contribution in [3.05, 3.63) is 48.0 Å². The molecule has 0 saturated carbocycles. The van der Waals surface area contributed by atoms with Gasteiger partial charge in [0, 0.05) is 44.8 Å². The number of rotatable bonds is 4. The Hall–Kier alpha value is -1.72. The number of nitrogens with one attached hydrogen (secondary N) is 1. The van der Waals surface area contributed by atoms with Gasteiger partial charge in [-0.25, -0.2) is 0 Å². The molecule has 0 aliphatic carbocycles. The summed E-state index contributed by atoms with van der Waals surface area (Å²) in [6.45, 7) is 1.64. The van der Waals surface area contributed by atoms with E-state index >= 15 is 0 Å². The Morgan fingerprint density at radius 1 is 1.30 bits per heavy atom. The summed E-state index contributed by atoms with van der Waals surface area (Å²) in [5.74, 6) is 0. The van der Waals surface area contributed by atoms with Gasteiger partial charge < -0.3 is 10.1 Å². The highest BCUT2D eigenvalue weighted by Gasteiger charge is 2.27. The summed E-state index contributed by atoms with van der Waals surface area (Å²) in [6, 6.07) is 6.45. The molecule has 0 amide bonds. The molecule has 20 heavy (non-hydrogen) atoms. The molecular formula is C15H20N4O. The third-order valence-electron chi connectivity index (χ3n) is 3.82. The smallest absolute Gasteiger partial charge is 0.0978 e. The summed E-state index contributed by atoms with van der Waals surface area (Å²) in [5, 5.41) is 7.80. The molecule has 0 radical (unpaired) electrons. The fourth-order valence-corrected chi connectivity index (χ4v) is 2.68. The Labute approximate surface area is 119 Å². The van der Waals surface area contributed by atoms with Crippen molar-refractivity contribution in [1.82, 2.24) is 20.1 Å². The fourth-order valence-electron chi connectivity index (χ4n) is 2.68. The number of nitrogens with zero attached hydrogens (tertiary/aromatic N) is 3. The third-order valence-corrected chi connectivity index (χ3v) is 3.82. The Bertz CT molecular complexity index is 540. The van der Waals surface area contributed by atoms with E-state index in [-0.39, 0.29) is 6.10 Å². The molecular weight excluding hydrogens is 252 g/mol. The van der Waals surface area contributed by atoms with E-state index in [2.05, 4.69) is 15.4 Å². The molecule has 3 rings (SSSR count). The summed E-state index contributed by atoms with van der Waals surface area (Å²) in [6.07, 6.45) is 7.82. The van der Waals surface area contributed by atoms with Gasteiger partial charge in [0.1, 0.15) is 0 Å². The van der Waals surface area contributed by atoms with Gasteiger partial charge in [0.2, 0.25) is 0 Å². The molecule has 0 aromatic carbocycles. The molecule has 2 aromatic rings. The lowest BCUT2D eigenvalue weighted by molar-refractivity contribution is -0.0114.